The smallest absolute Gasteiger partial charge is 0.397 e. The van der Waals surface area contributed by atoms with E-state index in [9.17, 15) is 17.6 Å². The third-order valence-corrected chi connectivity index (χ3v) is 1.56. The lowest BCUT2D eigenvalue weighted by Gasteiger charge is -2.10. The Bertz CT molecular complexity index is 438. The van der Waals surface area contributed by atoms with Crippen LogP contribution in [0.2, 0.25) is 0 Å². The molecule has 0 fully saturated rings. The summed E-state index contributed by atoms with van der Waals surface area (Å²) in [7, 11) is 0. The van der Waals surface area contributed by atoms with E-state index in [1.165, 1.54) is 0 Å². The van der Waals surface area contributed by atoms with Gasteiger partial charge in [-0.15, -0.1) is 13.2 Å². The first-order valence-corrected chi connectivity index (χ1v) is 3.88. The normalized spacial score (nSPS) is 10.9. The van der Waals surface area contributed by atoms with Crippen molar-refractivity contribution < 1.29 is 22.3 Å². The Kier molecular flexibility index (Phi) is 3.17. The molecule has 1 aromatic heterocycles. The Morgan fingerprint density at radius 3 is 2.56 bits per heavy atom. The lowest BCUT2D eigenvalue weighted by molar-refractivity contribution is -0.276. The van der Waals surface area contributed by atoms with E-state index in [0.29, 0.717) is 6.07 Å². The average molecular weight is 235 g/mol. The van der Waals surface area contributed by atoms with Crippen molar-refractivity contribution in [1.29, 1.82) is 5.26 Å². The van der Waals surface area contributed by atoms with Crippen molar-refractivity contribution >= 4 is 5.69 Å². The molecule has 0 amide bonds. The minimum atomic E-state index is -4.94. The molecule has 0 atom stereocenters. The Labute approximate surface area is 87.3 Å². The molecular formula is C8H5F4N3O. The number of nitriles is 1. The fourth-order valence-corrected chi connectivity index (χ4v) is 0.990. The average Bonchev–Trinajstić information content (AvgIpc) is 2.14. The highest BCUT2D eigenvalue weighted by atomic mass is 19.4. The summed E-state index contributed by atoms with van der Waals surface area (Å²) in [6.07, 6.45) is -4.94. The molecule has 0 aromatic carbocycles. The van der Waals surface area contributed by atoms with Gasteiger partial charge in [0.15, 0.2) is 0 Å². The van der Waals surface area contributed by atoms with Gasteiger partial charge in [0.25, 0.3) is 0 Å². The zero-order chi connectivity index (χ0) is 12.3. The van der Waals surface area contributed by atoms with Crippen LogP contribution in [0.1, 0.15) is 11.3 Å². The maximum atomic E-state index is 12.4. The van der Waals surface area contributed by atoms with Crippen LogP contribution in [0.3, 0.4) is 0 Å². The van der Waals surface area contributed by atoms with Gasteiger partial charge in [-0.05, 0) is 0 Å². The van der Waals surface area contributed by atoms with Crippen molar-refractivity contribution in [2.45, 2.75) is 13.0 Å². The monoisotopic (exact) mass is 235 g/mol. The highest BCUT2D eigenvalue weighted by Gasteiger charge is 2.32. The molecule has 0 saturated carbocycles. The van der Waals surface area contributed by atoms with Crippen LogP contribution in [-0.4, -0.2) is 11.3 Å². The molecule has 0 aliphatic heterocycles. The number of hydrogen-bond acceptors (Lipinski definition) is 4. The second-order valence-electron chi connectivity index (χ2n) is 2.66. The lowest BCUT2D eigenvalue weighted by Crippen LogP contribution is -2.18. The van der Waals surface area contributed by atoms with Gasteiger partial charge in [0.2, 0.25) is 5.88 Å². The van der Waals surface area contributed by atoms with Crippen molar-refractivity contribution in [3.05, 3.63) is 17.3 Å². The first-order valence-electron chi connectivity index (χ1n) is 3.88. The Balaban J connectivity index is 3.17. The number of nitrogens with zero attached hydrogens (tertiary/aromatic N) is 2. The topological polar surface area (TPSA) is 71.9 Å². The predicted molar refractivity (Wildman–Crippen MR) is 44.9 cm³/mol. The van der Waals surface area contributed by atoms with Gasteiger partial charge in [0, 0.05) is 6.07 Å². The molecule has 0 spiro atoms. The van der Waals surface area contributed by atoms with Gasteiger partial charge >= 0.3 is 6.36 Å². The van der Waals surface area contributed by atoms with Gasteiger partial charge in [0.05, 0.1) is 16.9 Å². The van der Waals surface area contributed by atoms with E-state index in [1.54, 1.807) is 6.07 Å². The molecule has 1 rings (SSSR count). The Morgan fingerprint density at radius 2 is 2.12 bits per heavy atom. The molecule has 2 N–H and O–H groups in total. The molecule has 8 heteroatoms. The number of nitrogens with two attached hydrogens (primary N) is 1. The molecule has 0 saturated heterocycles. The fraction of sp³-hybridized carbons (Fsp3) is 0.250. The Morgan fingerprint density at radius 1 is 1.50 bits per heavy atom. The minimum Gasteiger partial charge on any atom is -0.397 e. The van der Waals surface area contributed by atoms with Crippen LogP contribution in [0.5, 0.6) is 5.88 Å². The van der Waals surface area contributed by atoms with Crippen LogP contribution in [0.4, 0.5) is 23.2 Å². The quantitative estimate of drug-likeness (QED) is 0.794. The van der Waals surface area contributed by atoms with Gasteiger partial charge in [-0.25, -0.2) is 9.37 Å². The van der Waals surface area contributed by atoms with Crippen molar-refractivity contribution in [2.24, 2.45) is 0 Å². The standard InChI is InChI=1S/C8H5F4N3O/c9-2-6-4(3-13)5(14)1-7(15-6)16-8(10,11)12/h1H,2H2,(H2,14,15). The predicted octanol–water partition coefficient (Wildman–Crippen LogP) is 1.90. The summed E-state index contributed by atoms with van der Waals surface area (Å²) in [6, 6.07) is 2.25. The van der Waals surface area contributed by atoms with Crippen molar-refractivity contribution in [3.63, 3.8) is 0 Å². The van der Waals surface area contributed by atoms with E-state index >= 15 is 0 Å². The molecule has 0 unspecified atom stereocenters. The van der Waals surface area contributed by atoms with Crippen molar-refractivity contribution in [3.8, 4) is 11.9 Å². The molecule has 86 valence electrons. The van der Waals surface area contributed by atoms with Crippen LogP contribution >= 0.6 is 0 Å². The van der Waals surface area contributed by atoms with Crippen LogP contribution in [0.25, 0.3) is 0 Å². The second kappa shape index (κ2) is 4.22. The molecule has 16 heavy (non-hydrogen) atoms. The zero-order valence-electron chi connectivity index (χ0n) is 7.68. The number of alkyl halides is 4. The van der Waals surface area contributed by atoms with E-state index in [0.717, 1.165) is 0 Å². The summed E-state index contributed by atoms with van der Waals surface area (Å²) in [5, 5.41) is 8.55. The van der Waals surface area contributed by atoms with Gasteiger partial charge in [-0.3, -0.25) is 0 Å². The number of nitrogen functional groups attached to an aromatic ring is 1. The van der Waals surface area contributed by atoms with Gasteiger partial charge in [-0.1, -0.05) is 0 Å². The highest BCUT2D eigenvalue weighted by Crippen LogP contribution is 2.26. The number of pyridine rings is 1. The summed E-state index contributed by atoms with van der Waals surface area (Å²) in [6.45, 7) is -1.21. The number of anilines is 1. The SMILES string of the molecule is N#Cc1c(N)cc(OC(F)(F)F)nc1CF. The molecule has 4 nitrogen and oxygen atoms in total. The van der Waals surface area contributed by atoms with Crippen LogP contribution in [0.15, 0.2) is 6.07 Å². The number of rotatable bonds is 2. The third kappa shape index (κ3) is 2.73. The summed E-state index contributed by atoms with van der Waals surface area (Å²) < 4.78 is 51.3. The maximum absolute atomic E-state index is 12.4. The first kappa shape index (κ1) is 12.0. The summed E-state index contributed by atoms with van der Waals surface area (Å²) in [4.78, 5) is 3.19. The first-order chi connectivity index (χ1) is 7.37. The number of hydrogen-bond donors (Lipinski definition) is 1. The van der Waals surface area contributed by atoms with E-state index in [4.69, 9.17) is 11.0 Å². The van der Waals surface area contributed by atoms with E-state index in [2.05, 4.69) is 9.72 Å². The molecule has 0 bridgehead atoms. The van der Waals surface area contributed by atoms with E-state index < -0.39 is 24.6 Å². The third-order valence-electron chi connectivity index (χ3n) is 1.56. The summed E-state index contributed by atoms with van der Waals surface area (Å²) in [5.74, 6) is -0.892. The van der Waals surface area contributed by atoms with Crippen LogP contribution in [-0.2, 0) is 6.67 Å². The Hall–Kier alpha value is -2.04. The highest BCUT2D eigenvalue weighted by molar-refractivity contribution is 5.57. The number of ether oxygens (including phenoxy) is 1. The van der Waals surface area contributed by atoms with Gasteiger partial charge in [0.1, 0.15) is 12.7 Å². The zero-order valence-corrected chi connectivity index (χ0v) is 7.68. The maximum Gasteiger partial charge on any atom is 0.574 e. The number of aromatic nitrogens is 1. The lowest BCUT2D eigenvalue weighted by atomic mass is 10.2. The molecular weight excluding hydrogens is 230 g/mol. The molecule has 1 heterocycles. The second-order valence-corrected chi connectivity index (χ2v) is 2.66. The molecule has 0 radical (unpaired) electrons. The van der Waals surface area contributed by atoms with Crippen molar-refractivity contribution in [2.75, 3.05) is 5.73 Å². The summed E-state index contributed by atoms with van der Waals surface area (Å²) >= 11 is 0. The van der Waals surface area contributed by atoms with Crippen LogP contribution < -0.4 is 10.5 Å². The van der Waals surface area contributed by atoms with E-state index in [-0.39, 0.29) is 11.3 Å². The minimum absolute atomic E-state index is 0.294. The fourth-order valence-electron chi connectivity index (χ4n) is 0.990. The number of halogens is 4. The van der Waals surface area contributed by atoms with Crippen molar-refractivity contribution in [1.82, 2.24) is 4.98 Å². The van der Waals surface area contributed by atoms with Crippen LogP contribution in [0, 0.1) is 11.3 Å². The molecule has 0 aliphatic rings. The van der Waals surface area contributed by atoms with E-state index in [1.807, 2.05) is 0 Å². The molecule has 1 aromatic rings. The van der Waals surface area contributed by atoms with Gasteiger partial charge < -0.3 is 10.5 Å². The molecule has 0 aliphatic carbocycles. The summed E-state index contributed by atoms with van der Waals surface area (Å²) in [5.41, 5.74) is 4.16. The largest absolute Gasteiger partial charge is 0.574 e. The van der Waals surface area contributed by atoms with Gasteiger partial charge in [-0.2, -0.15) is 5.26 Å².